The Kier molecular flexibility index (Phi) is 12.3. The molecule has 0 aromatic heterocycles. The first kappa shape index (κ1) is 22.7. The van der Waals surface area contributed by atoms with Gasteiger partial charge in [0.1, 0.15) is 0 Å². The van der Waals surface area contributed by atoms with Crippen molar-refractivity contribution in [3.8, 4) is 0 Å². The van der Waals surface area contributed by atoms with Gasteiger partial charge >= 0.3 is 0 Å². The zero-order valence-corrected chi connectivity index (χ0v) is 17.5. The van der Waals surface area contributed by atoms with Gasteiger partial charge in [0.2, 0.25) is 0 Å². The lowest BCUT2D eigenvalue weighted by Gasteiger charge is -2.18. The van der Waals surface area contributed by atoms with Crippen LogP contribution in [0, 0.1) is 0 Å². The smallest absolute Gasteiger partial charge is 0.251 e. The van der Waals surface area contributed by atoms with Crippen molar-refractivity contribution in [3.05, 3.63) is 35.4 Å². The van der Waals surface area contributed by atoms with Crippen molar-refractivity contribution in [2.24, 2.45) is 4.99 Å². The van der Waals surface area contributed by atoms with Gasteiger partial charge in [0, 0.05) is 32.2 Å². The number of nitrogens with one attached hydrogen (secondary N) is 3. The van der Waals surface area contributed by atoms with E-state index in [2.05, 4.69) is 34.8 Å². The van der Waals surface area contributed by atoms with E-state index >= 15 is 0 Å². The average Bonchev–Trinajstić information content (AvgIpc) is 2.58. The van der Waals surface area contributed by atoms with E-state index in [1.165, 1.54) is 19.3 Å². The number of halogens is 1. The van der Waals surface area contributed by atoms with E-state index < -0.39 is 0 Å². The molecule has 0 spiro atoms. The summed E-state index contributed by atoms with van der Waals surface area (Å²) >= 11 is 0. The first-order chi connectivity index (χ1) is 11.1. The number of amides is 1. The maximum Gasteiger partial charge on any atom is 0.251 e. The highest BCUT2D eigenvalue weighted by atomic mass is 127. The predicted molar refractivity (Wildman–Crippen MR) is 112 cm³/mol. The van der Waals surface area contributed by atoms with Gasteiger partial charge in [0.25, 0.3) is 5.91 Å². The summed E-state index contributed by atoms with van der Waals surface area (Å²) in [6, 6.07) is 7.98. The van der Waals surface area contributed by atoms with E-state index in [4.69, 9.17) is 0 Å². The number of unbranched alkanes of at least 4 members (excludes halogenated alkanes) is 2. The first-order valence-electron chi connectivity index (χ1n) is 8.38. The zero-order valence-electron chi connectivity index (χ0n) is 15.2. The Morgan fingerprint density at radius 1 is 1.21 bits per heavy atom. The Morgan fingerprint density at radius 2 is 1.88 bits per heavy atom. The molecule has 0 aliphatic heterocycles. The number of hydrogen-bond acceptors (Lipinski definition) is 2. The summed E-state index contributed by atoms with van der Waals surface area (Å²) in [7, 11) is 3.41. The topological polar surface area (TPSA) is 65.5 Å². The molecule has 0 radical (unpaired) electrons. The van der Waals surface area contributed by atoms with Gasteiger partial charge in [-0.25, -0.2) is 0 Å². The van der Waals surface area contributed by atoms with Gasteiger partial charge in [-0.2, -0.15) is 0 Å². The Hall–Kier alpha value is -1.31. The largest absolute Gasteiger partial charge is 0.355 e. The summed E-state index contributed by atoms with van der Waals surface area (Å²) in [5.74, 6) is 0.743. The van der Waals surface area contributed by atoms with Crippen LogP contribution in [0.2, 0.25) is 0 Å². The molecule has 0 saturated heterocycles. The molecule has 0 aliphatic carbocycles. The highest BCUT2D eigenvalue weighted by molar-refractivity contribution is 14.0. The Bertz CT molecular complexity index is 502. The van der Waals surface area contributed by atoms with Crippen LogP contribution >= 0.6 is 24.0 Å². The number of aliphatic imine (C=N–C) groups is 1. The van der Waals surface area contributed by atoms with Crippen LogP contribution in [-0.2, 0) is 6.54 Å². The molecule has 0 heterocycles. The van der Waals surface area contributed by atoms with Gasteiger partial charge in [-0.1, -0.05) is 38.3 Å². The molecule has 6 heteroatoms. The molecule has 5 nitrogen and oxygen atoms in total. The second kappa shape index (κ2) is 13.0. The molecule has 3 N–H and O–H groups in total. The summed E-state index contributed by atoms with van der Waals surface area (Å²) in [4.78, 5) is 15.8. The Morgan fingerprint density at radius 3 is 2.42 bits per heavy atom. The standard InChI is InChI=1S/C18H30N4O.HI/c1-5-6-7-8-14(2)22-18(20-4)21-13-15-9-11-16(12-10-15)17(23)19-3;/h9-12,14H,5-8,13H2,1-4H3,(H,19,23)(H2,20,21,22);1H. The van der Waals surface area contributed by atoms with E-state index in [1.807, 2.05) is 24.3 Å². The second-order valence-corrected chi connectivity index (χ2v) is 5.74. The summed E-state index contributed by atoms with van der Waals surface area (Å²) in [6.45, 7) is 5.07. The molecule has 1 unspecified atom stereocenters. The normalized spacial score (nSPS) is 12.1. The van der Waals surface area contributed by atoms with E-state index in [9.17, 15) is 4.79 Å². The molecule has 0 aliphatic rings. The quantitative estimate of drug-likeness (QED) is 0.249. The molecule has 1 aromatic rings. The highest BCUT2D eigenvalue weighted by Crippen LogP contribution is 2.05. The molecule has 136 valence electrons. The minimum absolute atomic E-state index is 0. The molecular formula is C18H31IN4O. The predicted octanol–water partition coefficient (Wildman–Crippen LogP) is 3.30. The molecule has 1 amide bonds. The van der Waals surface area contributed by atoms with Gasteiger partial charge in [-0.15, -0.1) is 24.0 Å². The van der Waals surface area contributed by atoms with Gasteiger partial charge in [0.05, 0.1) is 0 Å². The molecular weight excluding hydrogens is 415 g/mol. The van der Waals surface area contributed by atoms with Crippen molar-refractivity contribution in [3.63, 3.8) is 0 Å². The van der Waals surface area contributed by atoms with Gasteiger partial charge in [-0.3, -0.25) is 9.79 Å². The second-order valence-electron chi connectivity index (χ2n) is 5.74. The van der Waals surface area contributed by atoms with Crippen LogP contribution in [0.5, 0.6) is 0 Å². The maximum atomic E-state index is 11.5. The molecule has 24 heavy (non-hydrogen) atoms. The molecule has 0 bridgehead atoms. The third-order valence-electron chi connectivity index (χ3n) is 3.75. The molecule has 1 atom stereocenters. The lowest BCUT2D eigenvalue weighted by Crippen LogP contribution is -2.41. The van der Waals surface area contributed by atoms with Gasteiger partial charge < -0.3 is 16.0 Å². The van der Waals surface area contributed by atoms with Crippen LogP contribution in [0.15, 0.2) is 29.3 Å². The summed E-state index contributed by atoms with van der Waals surface area (Å²) in [6.07, 6.45) is 4.90. The zero-order chi connectivity index (χ0) is 17.1. The van der Waals surface area contributed by atoms with Crippen molar-refractivity contribution in [2.45, 2.75) is 52.1 Å². The molecule has 1 rings (SSSR count). The summed E-state index contributed by atoms with van der Waals surface area (Å²) in [5, 5.41) is 9.34. The number of carbonyl (C=O) groups excluding carboxylic acids is 1. The maximum absolute atomic E-state index is 11.5. The average molecular weight is 446 g/mol. The fraction of sp³-hybridized carbons (Fsp3) is 0.556. The van der Waals surface area contributed by atoms with Crippen molar-refractivity contribution < 1.29 is 4.79 Å². The Labute approximate surface area is 163 Å². The van der Waals surface area contributed by atoms with Crippen LogP contribution in [0.1, 0.15) is 55.5 Å². The summed E-state index contributed by atoms with van der Waals surface area (Å²) < 4.78 is 0. The fourth-order valence-electron chi connectivity index (χ4n) is 2.30. The van der Waals surface area contributed by atoms with Crippen LogP contribution in [-0.4, -0.2) is 32.0 Å². The summed E-state index contributed by atoms with van der Waals surface area (Å²) in [5.41, 5.74) is 1.78. The monoisotopic (exact) mass is 446 g/mol. The lowest BCUT2D eigenvalue weighted by molar-refractivity contribution is 0.0963. The number of rotatable bonds is 8. The molecule has 1 aromatic carbocycles. The van der Waals surface area contributed by atoms with Crippen LogP contribution in [0.25, 0.3) is 0 Å². The third-order valence-corrected chi connectivity index (χ3v) is 3.75. The van der Waals surface area contributed by atoms with E-state index in [0.717, 1.165) is 17.9 Å². The number of hydrogen-bond donors (Lipinski definition) is 3. The number of carbonyl (C=O) groups is 1. The minimum atomic E-state index is -0.0668. The molecule has 0 fully saturated rings. The lowest BCUT2D eigenvalue weighted by atomic mass is 10.1. The van der Waals surface area contributed by atoms with Gasteiger partial charge in [0.15, 0.2) is 5.96 Å². The van der Waals surface area contributed by atoms with Crippen LogP contribution < -0.4 is 16.0 Å². The van der Waals surface area contributed by atoms with E-state index in [0.29, 0.717) is 18.2 Å². The van der Waals surface area contributed by atoms with Crippen molar-refractivity contribution in [1.82, 2.24) is 16.0 Å². The number of guanidine groups is 1. The van der Waals surface area contributed by atoms with Crippen molar-refractivity contribution >= 4 is 35.8 Å². The van der Waals surface area contributed by atoms with E-state index in [-0.39, 0.29) is 29.9 Å². The highest BCUT2D eigenvalue weighted by Gasteiger charge is 2.06. The van der Waals surface area contributed by atoms with Crippen LogP contribution in [0.3, 0.4) is 0 Å². The Balaban J connectivity index is 0.00000529. The SMILES string of the molecule is CCCCCC(C)NC(=NC)NCc1ccc(C(=O)NC)cc1.I. The number of benzene rings is 1. The minimum Gasteiger partial charge on any atom is -0.355 e. The third kappa shape index (κ3) is 8.52. The van der Waals surface area contributed by atoms with Crippen LogP contribution in [0.4, 0.5) is 0 Å². The van der Waals surface area contributed by atoms with Crippen molar-refractivity contribution in [2.75, 3.05) is 14.1 Å². The van der Waals surface area contributed by atoms with Crippen molar-refractivity contribution in [1.29, 1.82) is 0 Å². The van der Waals surface area contributed by atoms with E-state index in [1.54, 1.807) is 14.1 Å². The molecule has 0 saturated carbocycles. The number of nitrogens with zero attached hydrogens (tertiary/aromatic N) is 1. The van der Waals surface area contributed by atoms with Gasteiger partial charge in [-0.05, 0) is 31.0 Å². The first-order valence-corrected chi connectivity index (χ1v) is 8.38. The fourth-order valence-corrected chi connectivity index (χ4v) is 2.30.